The summed E-state index contributed by atoms with van der Waals surface area (Å²) in [5, 5.41) is 16.2. The van der Waals surface area contributed by atoms with Crippen LogP contribution in [0, 0.1) is 11.6 Å². The van der Waals surface area contributed by atoms with Gasteiger partial charge in [-0.1, -0.05) is 11.6 Å². The van der Waals surface area contributed by atoms with Gasteiger partial charge in [-0.3, -0.25) is 0 Å². The maximum atomic E-state index is 13.2. The normalized spacial score (nSPS) is 10.1. The summed E-state index contributed by atoms with van der Waals surface area (Å²) in [4.78, 5) is 20.9. The van der Waals surface area contributed by atoms with Crippen LogP contribution in [0.5, 0.6) is 0 Å². The van der Waals surface area contributed by atoms with Gasteiger partial charge in [0.25, 0.3) is 0 Å². The summed E-state index contributed by atoms with van der Waals surface area (Å²) in [6.45, 7) is 0. The van der Waals surface area contributed by atoms with Crippen LogP contribution in [0.4, 0.5) is 8.78 Å². The summed E-state index contributed by atoms with van der Waals surface area (Å²) < 4.78 is 26.2. The van der Waals surface area contributed by atoms with Crippen molar-refractivity contribution in [2.75, 3.05) is 0 Å². The number of carboxylic acids is 2. The average Bonchev–Trinajstić information content (AvgIpc) is 2.10. The molecule has 0 bridgehead atoms. The third-order valence-electron chi connectivity index (χ3n) is 1.60. The van der Waals surface area contributed by atoms with E-state index in [4.69, 9.17) is 21.8 Å². The monoisotopic (exact) mass is 236 g/mol. The van der Waals surface area contributed by atoms with Gasteiger partial charge in [-0.2, -0.15) is 0 Å². The molecule has 4 nitrogen and oxygen atoms in total. The Kier molecular flexibility index (Phi) is 2.90. The maximum absolute atomic E-state index is 13.2. The van der Waals surface area contributed by atoms with Gasteiger partial charge in [0.1, 0.15) is 5.56 Å². The van der Waals surface area contributed by atoms with Crippen molar-refractivity contribution in [2.45, 2.75) is 0 Å². The Bertz CT molecular complexity index is 458. The number of hydrogen-bond donors (Lipinski definition) is 2. The number of benzene rings is 1. The predicted molar refractivity (Wildman–Crippen MR) is 45.3 cm³/mol. The van der Waals surface area contributed by atoms with Crippen molar-refractivity contribution < 1.29 is 28.6 Å². The minimum atomic E-state index is -1.92. The molecule has 0 aliphatic rings. The largest absolute Gasteiger partial charge is 0.478 e. The van der Waals surface area contributed by atoms with Crippen LogP contribution in [-0.4, -0.2) is 22.2 Å². The van der Waals surface area contributed by atoms with E-state index in [1.807, 2.05) is 0 Å². The lowest BCUT2D eigenvalue weighted by Gasteiger charge is -2.04. The lowest BCUT2D eigenvalue weighted by atomic mass is 10.1. The first-order valence-corrected chi connectivity index (χ1v) is 3.88. The van der Waals surface area contributed by atoms with Crippen molar-refractivity contribution in [3.8, 4) is 0 Å². The van der Waals surface area contributed by atoms with E-state index < -0.39 is 39.7 Å². The van der Waals surface area contributed by atoms with Gasteiger partial charge in [0, 0.05) is 0 Å². The molecule has 1 rings (SSSR count). The lowest BCUT2D eigenvalue weighted by Crippen LogP contribution is -2.11. The van der Waals surface area contributed by atoms with Crippen LogP contribution in [0.25, 0.3) is 0 Å². The van der Waals surface area contributed by atoms with E-state index in [9.17, 15) is 18.4 Å². The molecule has 0 spiro atoms. The number of halogens is 3. The topological polar surface area (TPSA) is 74.6 Å². The molecule has 2 N–H and O–H groups in total. The fraction of sp³-hybridized carbons (Fsp3) is 0. The number of carboxylic acid groups (broad SMARTS) is 2. The minimum Gasteiger partial charge on any atom is -0.478 e. The third-order valence-corrected chi connectivity index (χ3v) is 1.88. The Morgan fingerprint density at radius 2 is 1.67 bits per heavy atom. The molecule has 0 aromatic heterocycles. The molecule has 0 heterocycles. The van der Waals surface area contributed by atoms with Gasteiger partial charge in [0.2, 0.25) is 0 Å². The lowest BCUT2D eigenvalue weighted by molar-refractivity contribution is 0.0683. The van der Waals surface area contributed by atoms with Crippen molar-refractivity contribution in [2.24, 2.45) is 0 Å². The standard InChI is InChI=1S/C8H3ClF2O4/c9-3-1-2(7(12)13)5(10)4(6(3)11)8(14)15/h1H,(H,12,13)(H,14,15). The smallest absolute Gasteiger partial charge is 0.341 e. The fourth-order valence-electron chi connectivity index (χ4n) is 0.947. The zero-order valence-corrected chi connectivity index (χ0v) is 7.68. The highest BCUT2D eigenvalue weighted by Gasteiger charge is 2.25. The molecule has 0 saturated heterocycles. The Balaban J connectivity index is 3.63. The van der Waals surface area contributed by atoms with Crippen LogP contribution in [0.15, 0.2) is 6.07 Å². The quantitative estimate of drug-likeness (QED) is 0.771. The van der Waals surface area contributed by atoms with Gasteiger partial charge in [0.05, 0.1) is 10.6 Å². The second kappa shape index (κ2) is 3.82. The molecule has 0 atom stereocenters. The zero-order valence-electron chi connectivity index (χ0n) is 6.92. The summed E-state index contributed by atoms with van der Waals surface area (Å²) in [7, 11) is 0. The molecule has 0 aliphatic carbocycles. The van der Waals surface area contributed by atoms with Crippen LogP contribution in [0.2, 0.25) is 5.02 Å². The number of rotatable bonds is 2. The molecule has 15 heavy (non-hydrogen) atoms. The molecule has 0 radical (unpaired) electrons. The van der Waals surface area contributed by atoms with E-state index in [-0.39, 0.29) is 0 Å². The van der Waals surface area contributed by atoms with E-state index in [0.29, 0.717) is 6.07 Å². The molecule has 80 valence electrons. The van der Waals surface area contributed by atoms with Crippen molar-refractivity contribution >= 4 is 23.5 Å². The molecular weight excluding hydrogens is 234 g/mol. The summed E-state index contributed by atoms with van der Waals surface area (Å²) >= 11 is 5.21. The summed E-state index contributed by atoms with van der Waals surface area (Å²) in [6.07, 6.45) is 0. The van der Waals surface area contributed by atoms with Crippen LogP contribution >= 0.6 is 11.6 Å². The Labute approximate surface area is 86.7 Å². The van der Waals surface area contributed by atoms with E-state index in [1.165, 1.54) is 0 Å². The molecule has 7 heteroatoms. The zero-order chi connectivity index (χ0) is 11.7. The van der Waals surface area contributed by atoms with E-state index >= 15 is 0 Å². The highest BCUT2D eigenvalue weighted by Crippen LogP contribution is 2.24. The van der Waals surface area contributed by atoms with Gasteiger partial charge >= 0.3 is 11.9 Å². The van der Waals surface area contributed by atoms with Crippen LogP contribution in [-0.2, 0) is 0 Å². The maximum Gasteiger partial charge on any atom is 0.341 e. The van der Waals surface area contributed by atoms with E-state index in [1.54, 1.807) is 0 Å². The Hall–Kier alpha value is -1.69. The SMILES string of the molecule is O=C(O)c1cc(Cl)c(F)c(C(=O)O)c1F. The molecule has 0 amide bonds. The van der Waals surface area contributed by atoms with Crippen molar-refractivity contribution in [1.29, 1.82) is 0 Å². The van der Waals surface area contributed by atoms with Crippen LogP contribution < -0.4 is 0 Å². The Morgan fingerprint density at radius 3 is 2.07 bits per heavy atom. The fourth-order valence-corrected chi connectivity index (χ4v) is 1.15. The molecular formula is C8H3ClF2O4. The van der Waals surface area contributed by atoms with Gasteiger partial charge in [-0.25, -0.2) is 18.4 Å². The van der Waals surface area contributed by atoms with Gasteiger partial charge in [-0.15, -0.1) is 0 Å². The minimum absolute atomic E-state index is 0.515. The van der Waals surface area contributed by atoms with Crippen molar-refractivity contribution in [1.82, 2.24) is 0 Å². The van der Waals surface area contributed by atoms with Crippen LogP contribution in [0.1, 0.15) is 20.7 Å². The second-order valence-corrected chi connectivity index (χ2v) is 2.93. The highest BCUT2D eigenvalue weighted by molar-refractivity contribution is 6.31. The van der Waals surface area contributed by atoms with E-state index in [0.717, 1.165) is 0 Å². The highest BCUT2D eigenvalue weighted by atomic mass is 35.5. The molecule has 0 saturated carbocycles. The van der Waals surface area contributed by atoms with Crippen molar-refractivity contribution in [3.63, 3.8) is 0 Å². The van der Waals surface area contributed by atoms with Crippen LogP contribution in [0.3, 0.4) is 0 Å². The van der Waals surface area contributed by atoms with Gasteiger partial charge < -0.3 is 10.2 Å². The molecule has 1 aromatic carbocycles. The first-order chi connectivity index (χ1) is 6.86. The number of hydrogen-bond acceptors (Lipinski definition) is 2. The number of carbonyl (C=O) groups is 2. The second-order valence-electron chi connectivity index (χ2n) is 2.52. The predicted octanol–water partition coefficient (Wildman–Crippen LogP) is 2.01. The first-order valence-electron chi connectivity index (χ1n) is 3.50. The first kappa shape index (κ1) is 11.4. The van der Waals surface area contributed by atoms with Crippen molar-refractivity contribution in [3.05, 3.63) is 33.9 Å². The summed E-state index contributed by atoms with van der Waals surface area (Å²) in [6, 6.07) is 0.515. The molecule has 0 fully saturated rings. The molecule has 0 aliphatic heterocycles. The number of aromatic carboxylic acids is 2. The molecule has 1 aromatic rings. The van der Waals surface area contributed by atoms with E-state index in [2.05, 4.69) is 0 Å². The Morgan fingerprint density at radius 1 is 1.13 bits per heavy atom. The third kappa shape index (κ3) is 1.89. The summed E-state index contributed by atoms with van der Waals surface area (Å²) in [5.74, 6) is -6.80. The summed E-state index contributed by atoms with van der Waals surface area (Å²) in [5.41, 5.74) is -2.36. The van der Waals surface area contributed by atoms with Gasteiger partial charge in [-0.05, 0) is 6.07 Å². The molecule has 0 unspecified atom stereocenters. The van der Waals surface area contributed by atoms with Gasteiger partial charge in [0.15, 0.2) is 11.6 Å². The average molecular weight is 237 g/mol.